The first-order valence-electron chi connectivity index (χ1n) is 11.0. The number of nitrogens with one attached hydrogen (secondary N) is 2. The molecule has 5 rings (SSSR count). The van der Waals surface area contributed by atoms with E-state index in [4.69, 9.17) is 11.6 Å². The van der Waals surface area contributed by atoms with Crippen LogP contribution in [0.25, 0.3) is 0 Å². The summed E-state index contributed by atoms with van der Waals surface area (Å²) in [5.74, 6) is 2.71. The summed E-state index contributed by atoms with van der Waals surface area (Å²) in [5, 5.41) is 7.13. The van der Waals surface area contributed by atoms with Crippen LogP contribution in [0.2, 0.25) is 5.02 Å². The number of carbonyl (C=O) groups excluding carboxylic acids is 1. The predicted octanol–water partition coefficient (Wildman–Crippen LogP) is 4.99. The average Bonchev–Trinajstić information content (AvgIpc) is 2.66. The molecule has 152 valence electrons. The van der Waals surface area contributed by atoms with E-state index < -0.39 is 0 Å². The molecule has 4 bridgehead atoms. The van der Waals surface area contributed by atoms with E-state index in [1.807, 2.05) is 24.3 Å². The van der Waals surface area contributed by atoms with Crippen molar-refractivity contribution in [1.29, 1.82) is 0 Å². The van der Waals surface area contributed by atoms with Crippen molar-refractivity contribution in [1.82, 2.24) is 10.6 Å². The van der Waals surface area contributed by atoms with Crippen molar-refractivity contribution < 1.29 is 4.79 Å². The summed E-state index contributed by atoms with van der Waals surface area (Å²) in [5.41, 5.74) is 2.15. The Kier molecular flexibility index (Phi) is 6.13. The van der Waals surface area contributed by atoms with Gasteiger partial charge in [-0.2, -0.15) is 0 Å². The van der Waals surface area contributed by atoms with E-state index in [1.165, 1.54) is 44.1 Å². The standard InChI is InChI=1S/C24H33ClN2O/c1-2-7-26-8-3-4-17-5-6-22(25)21(12-17)23(28)27-16-24-13-18-9-19(14-24)11-20(10-18)15-24/h2,5-6,12,18-20,26H,1,3-4,7-11,13-16H2,(H,27,28). The summed E-state index contributed by atoms with van der Waals surface area (Å²) in [6, 6.07) is 5.88. The summed E-state index contributed by atoms with van der Waals surface area (Å²) in [6.45, 7) is 6.31. The third kappa shape index (κ3) is 4.46. The van der Waals surface area contributed by atoms with Gasteiger partial charge in [0.1, 0.15) is 0 Å². The maximum atomic E-state index is 12.9. The Bertz CT molecular complexity index is 694. The van der Waals surface area contributed by atoms with Gasteiger partial charge in [-0.1, -0.05) is 23.7 Å². The van der Waals surface area contributed by atoms with Gasteiger partial charge >= 0.3 is 0 Å². The molecule has 0 radical (unpaired) electrons. The van der Waals surface area contributed by atoms with Gasteiger partial charge in [-0.05, 0) is 98.8 Å². The zero-order chi connectivity index (χ0) is 19.6. The number of aryl methyl sites for hydroxylation is 1. The van der Waals surface area contributed by atoms with E-state index in [0.717, 1.165) is 50.2 Å². The highest BCUT2D eigenvalue weighted by Crippen LogP contribution is 2.59. The molecule has 4 saturated carbocycles. The third-order valence-corrected chi connectivity index (χ3v) is 7.50. The lowest BCUT2D eigenvalue weighted by molar-refractivity contribution is -0.0503. The van der Waals surface area contributed by atoms with Crippen molar-refractivity contribution in [3.8, 4) is 0 Å². The summed E-state index contributed by atoms with van der Waals surface area (Å²) in [6.07, 6.45) is 12.1. The minimum absolute atomic E-state index is 0.00706. The van der Waals surface area contributed by atoms with Crippen molar-refractivity contribution in [2.24, 2.45) is 23.2 Å². The summed E-state index contributed by atoms with van der Waals surface area (Å²) in [4.78, 5) is 12.9. The summed E-state index contributed by atoms with van der Waals surface area (Å²) < 4.78 is 0. The molecule has 0 aromatic heterocycles. The van der Waals surface area contributed by atoms with Crippen LogP contribution in [0.1, 0.15) is 60.9 Å². The highest BCUT2D eigenvalue weighted by atomic mass is 35.5. The lowest BCUT2D eigenvalue weighted by Crippen LogP contribution is -2.51. The van der Waals surface area contributed by atoms with Crippen LogP contribution in [-0.4, -0.2) is 25.5 Å². The zero-order valence-electron chi connectivity index (χ0n) is 16.8. The minimum atomic E-state index is -0.00706. The molecule has 4 fully saturated rings. The van der Waals surface area contributed by atoms with Crippen LogP contribution in [0.4, 0.5) is 0 Å². The highest BCUT2D eigenvalue weighted by Gasteiger charge is 2.50. The van der Waals surface area contributed by atoms with Crippen LogP contribution in [0, 0.1) is 23.2 Å². The van der Waals surface area contributed by atoms with Crippen LogP contribution in [0.3, 0.4) is 0 Å². The van der Waals surface area contributed by atoms with Crippen LogP contribution in [0.5, 0.6) is 0 Å². The SMILES string of the molecule is C=CCNCCCc1ccc(Cl)c(C(=O)NCC23CC4CC(CC(C4)C2)C3)c1. The van der Waals surface area contributed by atoms with Gasteiger partial charge < -0.3 is 10.6 Å². The number of amides is 1. The largest absolute Gasteiger partial charge is 0.351 e. The molecule has 0 heterocycles. The Balaban J connectivity index is 1.34. The lowest BCUT2D eigenvalue weighted by Gasteiger charge is -2.56. The Hall–Kier alpha value is -1.32. The fourth-order valence-corrected chi connectivity index (χ4v) is 6.60. The van der Waals surface area contributed by atoms with Crippen LogP contribution in [-0.2, 0) is 6.42 Å². The van der Waals surface area contributed by atoms with E-state index in [1.54, 1.807) is 0 Å². The third-order valence-electron chi connectivity index (χ3n) is 7.17. The van der Waals surface area contributed by atoms with E-state index in [9.17, 15) is 4.79 Å². The summed E-state index contributed by atoms with van der Waals surface area (Å²) >= 11 is 6.36. The highest BCUT2D eigenvalue weighted by molar-refractivity contribution is 6.33. The second kappa shape index (κ2) is 8.59. The molecule has 4 aliphatic rings. The Morgan fingerprint density at radius 1 is 1.18 bits per heavy atom. The number of hydrogen-bond donors (Lipinski definition) is 2. The van der Waals surface area contributed by atoms with Crippen LogP contribution in [0.15, 0.2) is 30.9 Å². The maximum Gasteiger partial charge on any atom is 0.252 e. The number of benzene rings is 1. The molecule has 2 N–H and O–H groups in total. The fraction of sp³-hybridized carbons (Fsp3) is 0.625. The smallest absolute Gasteiger partial charge is 0.252 e. The Morgan fingerprint density at radius 3 is 2.50 bits per heavy atom. The number of halogens is 1. The second-order valence-electron chi connectivity index (χ2n) is 9.51. The predicted molar refractivity (Wildman–Crippen MR) is 116 cm³/mol. The molecule has 0 spiro atoms. The van der Waals surface area contributed by atoms with Crippen LogP contribution < -0.4 is 10.6 Å². The van der Waals surface area contributed by atoms with Gasteiger partial charge in [0.2, 0.25) is 0 Å². The molecule has 3 nitrogen and oxygen atoms in total. The molecule has 4 heteroatoms. The van der Waals surface area contributed by atoms with Crippen molar-refractivity contribution in [3.63, 3.8) is 0 Å². The monoisotopic (exact) mass is 400 g/mol. The van der Waals surface area contributed by atoms with Gasteiger partial charge in [-0.3, -0.25) is 4.79 Å². The number of hydrogen-bond acceptors (Lipinski definition) is 2. The molecule has 1 aromatic rings. The van der Waals surface area contributed by atoms with Gasteiger partial charge in [-0.25, -0.2) is 0 Å². The van der Waals surface area contributed by atoms with Crippen molar-refractivity contribution in [2.75, 3.05) is 19.6 Å². The molecule has 0 aliphatic heterocycles. The number of rotatable bonds is 9. The Labute approximate surface area is 174 Å². The second-order valence-corrected chi connectivity index (χ2v) is 9.92. The summed E-state index contributed by atoms with van der Waals surface area (Å²) in [7, 11) is 0. The normalized spacial score (nSPS) is 30.4. The topological polar surface area (TPSA) is 41.1 Å². The average molecular weight is 401 g/mol. The molecule has 4 aliphatic carbocycles. The molecule has 0 unspecified atom stereocenters. The molecule has 0 atom stereocenters. The molecule has 0 saturated heterocycles. The van der Waals surface area contributed by atoms with Gasteiger partial charge in [-0.15, -0.1) is 6.58 Å². The number of carbonyl (C=O) groups is 1. The first kappa shape index (κ1) is 20.0. The van der Waals surface area contributed by atoms with E-state index in [-0.39, 0.29) is 5.91 Å². The fourth-order valence-electron chi connectivity index (χ4n) is 6.39. The van der Waals surface area contributed by atoms with Gasteiger partial charge in [0.15, 0.2) is 0 Å². The van der Waals surface area contributed by atoms with Crippen molar-refractivity contribution in [2.45, 2.75) is 51.4 Å². The maximum absolute atomic E-state index is 12.9. The Morgan fingerprint density at radius 2 is 1.86 bits per heavy atom. The van der Waals surface area contributed by atoms with Crippen molar-refractivity contribution in [3.05, 3.63) is 47.0 Å². The minimum Gasteiger partial charge on any atom is -0.351 e. The molecule has 28 heavy (non-hydrogen) atoms. The van der Waals surface area contributed by atoms with E-state index in [2.05, 4.69) is 17.2 Å². The van der Waals surface area contributed by atoms with Gasteiger partial charge in [0.05, 0.1) is 10.6 Å². The lowest BCUT2D eigenvalue weighted by atomic mass is 9.49. The van der Waals surface area contributed by atoms with Gasteiger partial charge in [0, 0.05) is 13.1 Å². The molecule has 1 amide bonds. The quantitative estimate of drug-likeness (QED) is 0.452. The van der Waals surface area contributed by atoms with E-state index in [0.29, 0.717) is 16.0 Å². The molecular formula is C24H33ClN2O. The molecular weight excluding hydrogens is 368 g/mol. The first-order chi connectivity index (χ1) is 13.6. The zero-order valence-corrected chi connectivity index (χ0v) is 17.6. The van der Waals surface area contributed by atoms with E-state index >= 15 is 0 Å². The van der Waals surface area contributed by atoms with Gasteiger partial charge in [0.25, 0.3) is 5.91 Å². The van der Waals surface area contributed by atoms with Crippen molar-refractivity contribution >= 4 is 17.5 Å². The van der Waals surface area contributed by atoms with Crippen LogP contribution >= 0.6 is 11.6 Å². The first-order valence-corrected chi connectivity index (χ1v) is 11.3. The molecule has 1 aromatic carbocycles.